The molecule has 1 amide bonds. The summed E-state index contributed by atoms with van der Waals surface area (Å²) in [6.45, 7) is 5.16. The van der Waals surface area contributed by atoms with Crippen molar-refractivity contribution in [3.63, 3.8) is 0 Å². The number of ether oxygens (including phenoxy) is 2. The second-order valence-electron chi connectivity index (χ2n) is 6.00. The fourth-order valence-corrected chi connectivity index (χ4v) is 2.37. The molecule has 0 aliphatic carbocycles. The van der Waals surface area contributed by atoms with Crippen molar-refractivity contribution in [1.29, 1.82) is 0 Å². The summed E-state index contributed by atoms with van der Waals surface area (Å²) >= 11 is 0. The first kappa shape index (κ1) is 21.2. The van der Waals surface area contributed by atoms with Gasteiger partial charge in [-0.2, -0.15) is 0 Å². The van der Waals surface area contributed by atoms with Crippen LogP contribution in [0.1, 0.15) is 26.7 Å². The van der Waals surface area contributed by atoms with E-state index < -0.39 is 5.91 Å². The molecule has 28 heavy (non-hydrogen) atoms. The molecule has 0 aliphatic heterocycles. The van der Waals surface area contributed by atoms with E-state index in [-0.39, 0.29) is 11.5 Å². The third-order valence-corrected chi connectivity index (χ3v) is 3.68. The molecule has 2 rings (SSSR count). The number of rotatable bonds is 10. The molecular formula is C22H27N3O3. The van der Waals surface area contributed by atoms with E-state index in [2.05, 4.69) is 17.2 Å². The lowest BCUT2D eigenvalue weighted by Crippen LogP contribution is -2.26. The number of hydrogen-bond acceptors (Lipinski definition) is 5. The minimum absolute atomic E-state index is 0.203. The molecule has 6 heteroatoms. The summed E-state index contributed by atoms with van der Waals surface area (Å²) in [4.78, 5) is 16.2. The topological polar surface area (TPSA) is 85.9 Å². The Kier molecular flexibility index (Phi) is 8.75. The van der Waals surface area contributed by atoms with Gasteiger partial charge >= 0.3 is 0 Å². The number of benzene rings is 2. The van der Waals surface area contributed by atoms with Gasteiger partial charge in [-0.05, 0) is 55.8 Å². The van der Waals surface area contributed by atoms with E-state index in [0.717, 1.165) is 18.7 Å². The number of allylic oxidation sites excluding steroid dienone is 1. The molecular weight excluding hydrogens is 354 g/mol. The van der Waals surface area contributed by atoms with E-state index in [1.165, 1.54) is 0 Å². The standard InChI is InChI=1S/C22H27N3O3/c1-3-8-20(21(23)26)22(25-16-24-15-4-2)28-19-13-11-18(12-14-19)27-17-9-6-5-7-10-17/h5-14,24H,3-4,15-16H2,1-2H3,(H2,23,26)/b20-8-,25-22?. The second-order valence-corrected chi connectivity index (χ2v) is 6.00. The molecule has 0 atom stereocenters. The molecule has 0 radical (unpaired) electrons. The fourth-order valence-electron chi connectivity index (χ4n) is 2.37. The van der Waals surface area contributed by atoms with Gasteiger partial charge in [-0.3, -0.25) is 10.1 Å². The van der Waals surface area contributed by atoms with Gasteiger partial charge in [-0.1, -0.05) is 38.1 Å². The van der Waals surface area contributed by atoms with Crippen molar-refractivity contribution < 1.29 is 14.3 Å². The third-order valence-electron chi connectivity index (χ3n) is 3.68. The van der Waals surface area contributed by atoms with Crippen molar-refractivity contribution in [3.8, 4) is 17.2 Å². The maximum atomic E-state index is 11.8. The van der Waals surface area contributed by atoms with E-state index in [1.54, 1.807) is 30.3 Å². The van der Waals surface area contributed by atoms with E-state index >= 15 is 0 Å². The smallest absolute Gasteiger partial charge is 0.253 e. The quantitative estimate of drug-likeness (QED) is 0.281. The number of amides is 1. The Hall–Kier alpha value is -3.12. The zero-order chi connectivity index (χ0) is 20.2. The summed E-state index contributed by atoms with van der Waals surface area (Å²) < 4.78 is 11.6. The number of nitrogens with two attached hydrogens (primary N) is 1. The molecule has 0 unspecified atom stereocenters. The predicted octanol–water partition coefficient (Wildman–Crippen LogP) is 4.04. The van der Waals surface area contributed by atoms with Crippen molar-refractivity contribution in [3.05, 3.63) is 66.2 Å². The second kappa shape index (κ2) is 11.6. The highest BCUT2D eigenvalue weighted by atomic mass is 16.5. The van der Waals surface area contributed by atoms with Crippen LogP contribution in [0, 0.1) is 0 Å². The minimum atomic E-state index is -0.569. The molecule has 0 fully saturated rings. The number of carbonyl (C=O) groups is 1. The van der Waals surface area contributed by atoms with Crippen LogP contribution >= 0.6 is 0 Å². The van der Waals surface area contributed by atoms with Gasteiger partial charge in [0.25, 0.3) is 5.91 Å². The van der Waals surface area contributed by atoms with Crippen LogP contribution in [0.25, 0.3) is 0 Å². The lowest BCUT2D eigenvalue weighted by molar-refractivity contribution is -0.114. The SMILES string of the molecule is CC/C=C(/C(N)=O)C(=NCNCCC)Oc1ccc(Oc2ccccc2)cc1. The predicted molar refractivity (Wildman–Crippen MR) is 112 cm³/mol. The van der Waals surface area contributed by atoms with Crippen LogP contribution in [0.4, 0.5) is 0 Å². The van der Waals surface area contributed by atoms with Crippen molar-refractivity contribution in [2.45, 2.75) is 26.7 Å². The Balaban J connectivity index is 2.13. The van der Waals surface area contributed by atoms with Gasteiger partial charge in [0.05, 0.1) is 12.2 Å². The Morgan fingerprint density at radius 1 is 1.04 bits per heavy atom. The number of carbonyl (C=O) groups excluding carboxylic acids is 1. The molecule has 0 aliphatic rings. The highest BCUT2D eigenvalue weighted by Gasteiger charge is 2.15. The van der Waals surface area contributed by atoms with Gasteiger partial charge in [0.1, 0.15) is 17.2 Å². The number of para-hydroxylation sites is 1. The lowest BCUT2D eigenvalue weighted by Gasteiger charge is -2.12. The summed E-state index contributed by atoms with van der Waals surface area (Å²) in [5.74, 6) is 1.61. The fraction of sp³-hybridized carbons (Fsp3) is 0.273. The first-order chi connectivity index (χ1) is 13.6. The minimum Gasteiger partial charge on any atom is -0.457 e. The van der Waals surface area contributed by atoms with Gasteiger partial charge in [-0.15, -0.1) is 0 Å². The van der Waals surface area contributed by atoms with Gasteiger partial charge in [0.2, 0.25) is 5.90 Å². The zero-order valence-corrected chi connectivity index (χ0v) is 16.4. The summed E-state index contributed by atoms with van der Waals surface area (Å²) in [6.07, 6.45) is 3.35. The summed E-state index contributed by atoms with van der Waals surface area (Å²) in [5, 5.41) is 3.16. The molecule has 0 saturated carbocycles. The summed E-state index contributed by atoms with van der Waals surface area (Å²) in [5.41, 5.74) is 5.78. The van der Waals surface area contributed by atoms with Gasteiger partial charge in [0, 0.05) is 0 Å². The molecule has 0 bridgehead atoms. The molecule has 6 nitrogen and oxygen atoms in total. The van der Waals surface area contributed by atoms with Crippen molar-refractivity contribution in [1.82, 2.24) is 5.32 Å². The van der Waals surface area contributed by atoms with Crippen molar-refractivity contribution in [2.75, 3.05) is 13.2 Å². The number of primary amides is 1. The average Bonchev–Trinajstić information content (AvgIpc) is 2.70. The van der Waals surface area contributed by atoms with E-state index in [0.29, 0.717) is 24.6 Å². The van der Waals surface area contributed by atoms with Crippen LogP contribution in [0.15, 0.2) is 71.2 Å². The van der Waals surface area contributed by atoms with Crippen LogP contribution in [0.5, 0.6) is 17.2 Å². The number of aliphatic imine (C=N–C) groups is 1. The maximum absolute atomic E-state index is 11.8. The molecule has 0 saturated heterocycles. The number of hydrogen-bond donors (Lipinski definition) is 2. The third kappa shape index (κ3) is 6.89. The van der Waals surface area contributed by atoms with E-state index in [9.17, 15) is 4.79 Å². The van der Waals surface area contributed by atoms with E-state index in [1.807, 2.05) is 37.3 Å². The first-order valence-electron chi connectivity index (χ1n) is 9.40. The van der Waals surface area contributed by atoms with Crippen LogP contribution < -0.4 is 20.5 Å². The monoisotopic (exact) mass is 381 g/mol. The number of nitrogens with zero attached hydrogens (tertiary/aromatic N) is 1. The largest absolute Gasteiger partial charge is 0.457 e. The van der Waals surface area contributed by atoms with Crippen molar-refractivity contribution in [2.24, 2.45) is 10.7 Å². The highest BCUT2D eigenvalue weighted by Crippen LogP contribution is 2.24. The maximum Gasteiger partial charge on any atom is 0.253 e. The molecule has 0 heterocycles. The van der Waals surface area contributed by atoms with Gasteiger partial charge in [-0.25, -0.2) is 4.99 Å². The normalized spacial score (nSPS) is 11.9. The van der Waals surface area contributed by atoms with Crippen LogP contribution in [0.3, 0.4) is 0 Å². The van der Waals surface area contributed by atoms with Crippen LogP contribution in [-0.4, -0.2) is 25.0 Å². The Labute approximate surface area is 166 Å². The van der Waals surface area contributed by atoms with Gasteiger partial charge in [0.15, 0.2) is 0 Å². The zero-order valence-electron chi connectivity index (χ0n) is 16.4. The Bertz CT molecular complexity index is 800. The van der Waals surface area contributed by atoms with Crippen molar-refractivity contribution >= 4 is 11.8 Å². The molecule has 148 valence electrons. The summed E-state index contributed by atoms with van der Waals surface area (Å²) in [7, 11) is 0. The molecule has 0 spiro atoms. The molecule has 2 aromatic rings. The van der Waals surface area contributed by atoms with Gasteiger partial charge < -0.3 is 15.2 Å². The molecule has 2 aromatic carbocycles. The molecule has 0 aromatic heterocycles. The number of nitrogens with one attached hydrogen (secondary N) is 1. The Morgan fingerprint density at radius 3 is 2.29 bits per heavy atom. The molecule has 3 N–H and O–H groups in total. The lowest BCUT2D eigenvalue weighted by atomic mass is 10.2. The highest BCUT2D eigenvalue weighted by molar-refractivity contribution is 6.18. The average molecular weight is 381 g/mol. The Morgan fingerprint density at radius 2 is 1.68 bits per heavy atom. The van der Waals surface area contributed by atoms with Crippen LogP contribution in [-0.2, 0) is 4.79 Å². The summed E-state index contributed by atoms with van der Waals surface area (Å²) in [6, 6.07) is 16.6. The van der Waals surface area contributed by atoms with E-state index in [4.69, 9.17) is 15.2 Å². The van der Waals surface area contributed by atoms with Crippen LogP contribution in [0.2, 0.25) is 0 Å². The first-order valence-corrected chi connectivity index (χ1v) is 9.40.